The topological polar surface area (TPSA) is 77.1 Å². The highest BCUT2D eigenvalue weighted by Crippen LogP contribution is 2.35. The summed E-state index contributed by atoms with van der Waals surface area (Å²) in [7, 11) is 3.78. The Morgan fingerprint density at radius 3 is 2.53 bits per heavy atom. The lowest BCUT2D eigenvalue weighted by atomic mass is 9.85. The van der Waals surface area contributed by atoms with Crippen LogP contribution in [0.1, 0.15) is 58.1 Å². The molecule has 0 radical (unpaired) electrons. The molecule has 0 bridgehead atoms. The number of amides is 1. The summed E-state index contributed by atoms with van der Waals surface area (Å²) in [5.74, 6) is 0.851. The minimum atomic E-state index is -0.531. The van der Waals surface area contributed by atoms with E-state index in [9.17, 15) is 9.59 Å². The molecule has 2 rings (SSSR count). The zero-order valence-corrected chi connectivity index (χ0v) is 18.9. The van der Waals surface area contributed by atoms with E-state index in [1.807, 2.05) is 32.9 Å². The molecule has 7 nitrogen and oxygen atoms in total. The highest BCUT2D eigenvalue weighted by molar-refractivity contribution is 5.70. The Kier molecular flexibility index (Phi) is 8.96. The standard InChI is InChI=1S/C23H36N2O5/c1-23(2,3)30-22(27)24-14-6-9-20(26)29-16-18-8-7-15-25(4)21(18)17-10-12-19(28-5)13-11-17/h10-13,18,21H,6-9,14-16H2,1-5H3,(H,24,27). The van der Waals surface area contributed by atoms with E-state index < -0.39 is 11.7 Å². The van der Waals surface area contributed by atoms with Crippen LogP contribution in [0.5, 0.6) is 5.75 Å². The Morgan fingerprint density at radius 2 is 1.90 bits per heavy atom. The van der Waals surface area contributed by atoms with E-state index in [1.165, 1.54) is 5.56 Å². The van der Waals surface area contributed by atoms with Crippen LogP contribution in [0.25, 0.3) is 0 Å². The molecule has 1 aromatic carbocycles. The van der Waals surface area contributed by atoms with Gasteiger partial charge in [-0.05, 0) is 71.3 Å². The van der Waals surface area contributed by atoms with Gasteiger partial charge in [0, 0.05) is 24.9 Å². The molecular weight excluding hydrogens is 384 g/mol. The van der Waals surface area contributed by atoms with E-state index in [0.717, 1.165) is 25.1 Å². The molecule has 0 aliphatic carbocycles. The molecule has 0 saturated carbocycles. The molecule has 1 fully saturated rings. The molecule has 2 unspecified atom stereocenters. The van der Waals surface area contributed by atoms with Crippen molar-refractivity contribution in [3.63, 3.8) is 0 Å². The van der Waals surface area contributed by atoms with Gasteiger partial charge in [-0.25, -0.2) is 4.79 Å². The molecule has 168 valence electrons. The van der Waals surface area contributed by atoms with Crippen LogP contribution in [0.2, 0.25) is 0 Å². The highest BCUT2D eigenvalue weighted by atomic mass is 16.6. The number of nitrogens with zero attached hydrogens (tertiary/aromatic N) is 1. The number of piperidine rings is 1. The molecule has 1 amide bonds. The van der Waals surface area contributed by atoms with Crippen LogP contribution in [0.3, 0.4) is 0 Å². The molecule has 1 aromatic rings. The summed E-state index contributed by atoms with van der Waals surface area (Å²) in [6.07, 6.45) is 2.43. The van der Waals surface area contributed by atoms with Crippen LogP contribution in [0, 0.1) is 5.92 Å². The quantitative estimate of drug-likeness (QED) is 0.507. The van der Waals surface area contributed by atoms with Gasteiger partial charge in [0.25, 0.3) is 0 Å². The summed E-state index contributed by atoms with van der Waals surface area (Å²) >= 11 is 0. The van der Waals surface area contributed by atoms with Gasteiger partial charge in [-0.2, -0.15) is 0 Å². The first-order valence-corrected chi connectivity index (χ1v) is 10.7. The lowest BCUT2D eigenvalue weighted by Crippen LogP contribution is -2.38. The zero-order valence-electron chi connectivity index (χ0n) is 18.9. The second kappa shape index (κ2) is 11.2. The second-order valence-electron chi connectivity index (χ2n) is 8.82. The smallest absolute Gasteiger partial charge is 0.407 e. The first-order valence-electron chi connectivity index (χ1n) is 10.7. The van der Waals surface area contributed by atoms with E-state index in [4.69, 9.17) is 14.2 Å². The van der Waals surface area contributed by atoms with E-state index in [1.54, 1.807) is 7.11 Å². The lowest BCUT2D eigenvalue weighted by Gasteiger charge is -2.39. The first kappa shape index (κ1) is 24.0. The second-order valence-corrected chi connectivity index (χ2v) is 8.82. The normalized spacial score (nSPS) is 19.8. The molecule has 1 saturated heterocycles. The van der Waals surface area contributed by atoms with Crippen LogP contribution < -0.4 is 10.1 Å². The Balaban J connectivity index is 1.78. The largest absolute Gasteiger partial charge is 0.497 e. The van der Waals surface area contributed by atoms with Crippen LogP contribution in [-0.4, -0.2) is 56.4 Å². The number of rotatable bonds is 8. The number of hydrogen-bond donors (Lipinski definition) is 1. The van der Waals surface area contributed by atoms with Crippen LogP contribution in [0.4, 0.5) is 4.79 Å². The molecule has 1 N–H and O–H groups in total. The molecular formula is C23H36N2O5. The molecule has 1 heterocycles. The average Bonchev–Trinajstić information content (AvgIpc) is 2.68. The number of hydrogen-bond acceptors (Lipinski definition) is 6. The van der Waals surface area contributed by atoms with Gasteiger partial charge < -0.3 is 19.5 Å². The van der Waals surface area contributed by atoms with Crippen molar-refractivity contribution in [2.24, 2.45) is 5.92 Å². The maximum absolute atomic E-state index is 12.2. The van der Waals surface area contributed by atoms with E-state index in [0.29, 0.717) is 19.6 Å². The number of likely N-dealkylation sites (tertiary alicyclic amines) is 1. The third-order valence-electron chi connectivity index (χ3n) is 5.15. The summed E-state index contributed by atoms with van der Waals surface area (Å²) in [5, 5.41) is 2.66. The summed E-state index contributed by atoms with van der Waals surface area (Å²) < 4.78 is 16.0. The average molecular weight is 421 g/mol. The van der Waals surface area contributed by atoms with Crippen molar-refractivity contribution < 1.29 is 23.8 Å². The molecule has 30 heavy (non-hydrogen) atoms. The van der Waals surface area contributed by atoms with Crippen molar-refractivity contribution in [1.82, 2.24) is 10.2 Å². The highest BCUT2D eigenvalue weighted by Gasteiger charge is 2.31. The van der Waals surface area contributed by atoms with Gasteiger partial charge in [0.15, 0.2) is 0 Å². The Bertz CT molecular complexity index is 684. The molecule has 0 spiro atoms. The monoisotopic (exact) mass is 420 g/mol. The minimum Gasteiger partial charge on any atom is -0.497 e. The van der Waals surface area contributed by atoms with Gasteiger partial charge in [0.05, 0.1) is 13.7 Å². The summed E-state index contributed by atoms with van der Waals surface area (Å²) in [6.45, 7) is 7.24. The number of methoxy groups -OCH3 is 1. The minimum absolute atomic E-state index is 0.214. The summed E-state index contributed by atoms with van der Waals surface area (Å²) in [6, 6.07) is 8.33. The van der Waals surface area contributed by atoms with Gasteiger partial charge in [0.2, 0.25) is 0 Å². The van der Waals surface area contributed by atoms with Crippen molar-refractivity contribution >= 4 is 12.1 Å². The van der Waals surface area contributed by atoms with Crippen molar-refractivity contribution in [2.75, 3.05) is 33.9 Å². The van der Waals surface area contributed by atoms with Gasteiger partial charge >= 0.3 is 12.1 Å². The van der Waals surface area contributed by atoms with E-state index >= 15 is 0 Å². The van der Waals surface area contributed by atoms with Crippen molar-refractivity contribution in [3.05, 3.63) is 29.8 Å². The molecule has 2 atom stereocenters. The Hall–Kier alpha value is -2.28. The number of ether oxygens (including phenoxy) is 3. The van der Waals surface area contributed by atoms with Crippen LogP contribution in [0.15, 0.2) is 24.3 Å². The van der Waals surface area contributed by atoms with Crippen molar-refractivity contribution in [3.8, 4) is 5.75 Å². The van der Waals surface area contributed by atoms with Crippen LogP contribution in [-0.2, 0) is 14.3 Å². The third-order valence-corrected chi connectivity index (χ3v) is 5.15. The first-order chi connectivity index (χ1) is 14.2. The molecule has 1 aliphatic rings. The van der Waals surface area contributed by atoms with E-state index in [2.05, 4.69) is 29.4 Å². The lowest BCUT2D eigenvalue weighted by molar-refractivity contribution is -0.146. The zero-order chi connectivity index (χ0) is 22.1. The Labute approximate surface area is 180 Å². The predicted molar refractivity (Wildman–Crippen MR) is 116 cm³/mol. The number of esters is 1. The van der Waals surface area contributed by atoms with Gasteiger partial charge in [-0.15, -0.1) is 0 Å². The number of benzene rings is 1. The summed E-state index contributed by atoms with van der Waals surface area (Å²) in [5.41, 5.74) is 0.678. The fourth-order valence-corrected chi connectivity index (χ4v) is 3.77. The predicted octanol–water partition coefficient (Wildman–Crippen LogP) is 3.93. The number of nitrogens with one attached hydrogen (secondary N) is 1. The third kappa shape index (κ3) is 7.86. The van der Waals surface area contributed by atoms with Crippen molar-refractivity contribution in [1.29, 1.82) is 0 Å². The van der Waals surface area contributed by atoms with Crippen LogP contribution >= 0.6 is 0 Å². The molecule has 0 aromatic heterocycles. The van der Waals surface area contributed by atoms with E-state index in [-0.39, 0.29) is 24.3 Å². The van der Waals surface area contributed by atoms with Gasteiger partial charge in [0.1, 0.15) is 11.4 Å². The number of carbonyl (C=O) groups is 2. The molecule has 1 aliphatic heterocycles. The fourth-order valence-electron chi connectivity index (χ4n) is 3.77. The van der Waals surface area contributed by atoms with Gasteiger partial charge in [-0.3, -0.25) is 9.69 Å². The van der Waals surface area contributed by atoms with Crippen molar-refractivity contribution in [2.45, 2.75) is 58.1 Å². The maximum atomic E-state index is 12.2. The fraction of sp³-hybridized carbons (Fsp3) is 0.652. The Morgan fingerprint density at radius 1 is 1.20 bits per heavy atom. The summed E-state index contributed by atoms with van der Waals surface area (Å²) in [4.78, 5) is 26.1. The molecule has 7 heteroatoms. The maximum Gasteiger partial charge on any atom is 0.407 e. The SMILES string of the molecule is COc1ccc(C2C(COC(=O)CCCNC(=O)OC(C)(C)C)CCCN2C)cc1. The number of alkyl carbamates (subject to hydrolysis) is 1. The number of carbonyl (C=O) groups excluding carboxylic acids is 2. The van der Waals surface area contributed by atoms with Gasteiger partial charge in [-0.1, -0.05) is 12.1 Å².